The zero-order chi connectivity index (χ0) is 14.1. The van der Waals surface area contributed by atoms with Gasteiger partial charge in [-0.05, 0) is 24.4 Å². The first-order valence-corrected chi connectivity index (χ1v) is 6.95. The molecule has 0 unspecified atom stereocenters. The molecule has 1 aromatic heterocycles. The van der Waals surface area contributed by atoms with E-state index in [1.165, 1.54) is 12.8 Å². The maximum absolute atomic E-state index is 6.06. The summed E-state index contributed by atoms with van der Waals surface area (Å²) in [6.45, 7) is 1.97. The number of rotatable bonds is 3. The van der Waals surface area contributed by atoms with E-state index in [1.807, 2.05) is 12.1 Å². The van der Waals surface area contributed by atoms with E-state index in [1.54, 1.807) is 14.2 Å². The van der Waals surface area contributed by atoms with Gasteiger partial charge in [0.15, 0.2) is 0 Å². The van der Waals surface area contributed by atoms with Crippen LogP contribution in [0.4, 0.5) is 5.82 Å². The van der Waals surface area contributed by atoms with Gasteiger partial charge in [0.1, 0.15) is 17.3 Å². The third-order valence-electron chi connectivity index (χ3n) is 3.55. The second-order valence-electron chi connectivity index (χ2n) is 4.73. The smallest absolute Gasteiger partial charge is 0.224 e. The molecule has 2 heterocycles. The Labute approximate surface area is 122 Å². The van der Waals surface area contributed by atoms with Crippen molar-refractivity contribution in [2.45, 2.75) is 12.8 Å². The molecule has 0 saturated carbocycles. The average molecular weight is 294 g/mol. The molecule has 3 rings (SSSR count). The minimum atomic E-state index is 0.245. The second kappa shape index (κ2) is 5.32. The Morgan fingerprint density at radius 1 is 1.10 bits per heavy atom. The van der Waals surface area contributed by atoms with Crippen molar-refractivity contribution >= 4 is 28.3 Å². The van der Waals surface area contributed by atoms with E-state index >= 15 is 0 Å². The maximum Gasteiger partial charge on any atom is 0.224 e. The van der Waals surface area contributed by atoms with Crippen LogP contribution in [0.3, 0.4) is 0 Å². The Bertz CT molecular complexity index is 642. The van der Waals surface area contributed by atoms with Gasteiger partial charge >= 0.3 is 0 Å². The van der Waals surface area contributed by atoms with Crippen LogP contribution in [-0.2, 0) is 0 Å². The van der Waals surface area contributed by atoms with Crippen LogP contribution < -0.4 is 14.4 Å². The van der Waals surface area contributed by atoms with Crippen LogP contribution in [0.2, 0.25) is 5.28 Å². The van der Waals surface area contributed by atoms with Gasteiger partial charge in [0.05, 0.1) is 25.1 Å². The summed E-state index contributed by atoms with van der Waals surface area (Å²) in [5.41, 5.74) is 0.739. The molecule has 0 N–H and O–H groups in total. The van der Waals surface area contributed by atoms with E-state index in [0.29, 0.717) is 11.5 Å². The third kappa shape index (κ3) is 2.22. The average Bonchev–Trinajstić information content (AvgIpc) is 2.98. The number of halogens is 1. The maximum atomic E-state index is 6.06. The molecule has 0 radical (unpaired) electrons. The van der Waals surface area contributed by atoms with Gasteiger partial charge in [-0.1, -0.05) is 0 Å². The molecule has 0 atom stereocenters. The van der Waals surface area contributed by atoms with Gasteiger partial charge in [-0.25, -0.2) is 4.98 Å². The van der Waals surface area contributed by atoms with Crippen molar-refractivity contribution in [2.75, 3.05) is 32.2 Å². The van der Waals surface area contributed by atoms with E-state index in [4.69, 9.17) is 21.1 Å². The Balaban J connectivity index is 2.27. The molecule has 106 valence electrons. The van der Waals surface area contributed by atoms with Gasteiger partial charge in [0.25, 0.3) is 0 Å². The van der Waals surface area contributed by atoms with E-state index in [-0.39, 0.29) is 5.28 Å². The summed E-state index contributed by atoms with van der Waals surface area (Å²) in [5.74, 6) is 2.24. The van der Waals surface area contributed by atoms with Crippen molar-refractivity contribution in [3.63, 3.8) is 0 Å². The van der Waals surface area contributed by atoms with E-state index < -0.39 is 0 Å². The van der Waals surface area contributed by atoms with Crippen LogP contribution in [0.1, 0.15) is 12.8 Å². The SMILES string of the molecule is COc1cc(OC)c2c(N3CCCC3)nc(Cl)nc2c1. The van der Waals surface area contributed by atoms with Crippen LogP contribution in [-0.4, -0.2) is 37.3 Å². The van der Waals surface area contributed by atoms with E-state index in [9.17, 15) is 0 Å². The number of benzene rings is 1. The Morgan fingerprint density at radius 2 is 1.85 bits per heavy atom. The quantitative estimate of drug-likeness (QED) is 0.814. The fourth-order valence-electron chi connectivity index (χ4n) is 2.59. The molecule has 20 heavy (non-hydrogen) atoms. The third-order valence-corrected chi connectivity index (χ3v) is 3.72. The molecule has 0 amide bonds. The van der Waals surface area contributed by atoms with Crippen molar-refractivity contribution in [1.82, 2.24) is 9.97 Å². The number of aromatic nitrogens is 2. The van der Waals surface area contributed by atoms with E-state index in [2.05, 4.69) is 14.9 Å². The molecule has 0 aliphatic carbocycles. The highest BCUT2D eigenvalue weighted by molar-refractivity contribution is 6.29. The Hall–Kier alpha value is -1.75. The fourth-order valence-corrected chi connectivity index (χ4v) is 2.76. The molecule has 0 bridgehead atoms. The predicted molar refractivity (Wildman–Crippen MR) is 79.1 cm³/mol. The molecule has 5 nitrogen and oxygen atoms in total. The molecule has 1 fully saturated rings. The van der Waals surface area contributed by atoms with Crippen molar-refractivity contribution in [2.24, 2.45) is 0 Å². The summed E-state index contributed by atoms with van der Waals surface area (Å²) in [4.78, 5) is 10.9. The molecule has 1 aromatic carbocycles. The van der Waals surface area contributed by atoms with E-state index in [0.717, 1.165) is 29.8 Å². The summed E-state index contributed by atoms with van der Waals surface area (Å²) in [7, 11) is 3.25. The van der Waals surface area contributed by atoms with Crippen LogP contribution in [0.5, 0.6) is 11.5 Å². The largest absolute Gasteiger partial charge is 0.497 e. The first kappa shape index (κ1) is 13.2. The van der Waals surface area contributed by atoms with Gasteiger partial charge in [-0.3, -0.25) is 0 Å². The molecule has 1 saturated heterocycles. The van der Waals surface area contributed by atoms with Crippen molar-refractivity contribution < 1.29 is 9.47 Å². The number of nitrogens with zero attached hydrogens (tertiary/aromatic N) is 3. The lowest BCUT2D eigenvalue weighted by molar-refractivity contribution is 0.397. The first-order chi connectivity index (χ1) is 9.72. The minimum Gasteiger partial charge on any atom is -0.497 e. The summed E-state index contributed by atoms with van der Waals surface area (Å²) >= 11 is 6.06. The highest BCUT2D eigenvalue weighted by Crippen LogP contribution is 2.37. The Kier molecular flexibility index (Phi) is 3.53. The van der Waals surface area contributed by atoms with Gasteiger partial charge in [-0.15, -0.1) is 0 Å². The van der Waals surface area contributed by atoms with Crippen molar-refractivity contribution in [3.05, 3.63) is 17.4 Å². The number of fused-ring (bicyclic) bond motifs is 1. The summed E-state index contributed by atoms with van der Waals surface area (Å²) in [6.07, 6.45) is 2.34. The molecule has 2 aromatic rings. The predicted octanol–water partition coefficient (Wildman–Crippen LogP) is 2.90. The van der Waals surface area contributed by atoms with Crippen LogP contribution in [0.25, 0.3) is 10.9 Å². The standard InChI is InChI=1S/C14H16ClN3O2/c1-19-9-7-10-12(11(8-9)20-2)13(17-14(15)16-10)18-5-3-4-6-18/h7-8H,3-6H2,1-2H3. The lowest BCUT2D eigenvalue weighted by Crippen LogP contribution is -2.19. The summed E-state index contributed by atoms with van der Waals surface area (Å²) in [6, 6.07) is 3.70. The zero-order valence-electron chi connectivity index (χ0n) is 11.5. The van der Waals surface area contributed by atoms with Crippen molar-refractivity contribution in [1.29, 1.82) is 0 Å². The van der Waals surface area contributed by atoms with Crippen molar-refractivity contribution in [3.8, 4) is 11.5 Å². The highest BCUT2D eigenvalue weighted by Gasteiger charge is 2.21. The van der Waals surface area contributed by atoms with Crippen LogP contribution >= 0.6 is 11.6 Å². The van der Waals surface area contributed by atoms with Gasteiger partial charge in [-0.2, -0.15) is 4.98 Å². The molecule has 6 heteroatoms. The first-order valence-electron chi connectivity index (χ1n) is 6.57. The summed E-state index contributed by atoms with van der Waals surface area (Å²) in [5, 5.41) is 1.13. The number of hydrogen-bond acceptors (Lipinski definition) is 5. The second-order valence-corrected chi connectivity index (χ2v) is 5.07. The van der Waals surface area contributed by atoms with Crippen LogP contribution in [0.15, 0.2) is 12.1 Å². The van der Waals surface area contributed by atoms with Gasteiger partial charge in [0, 0.05) is 25.2 Å². The summed E-state index contributed by atoms with van der Waals surface area (Å²) < 4.78 is 10.8. The van der Waals surface area contributed by atoms with Gasteiger partial charge in [0.2, 0.25) is 5.28 Å². The molecule has 1 aliphatic heterocycles. The molecule has 0 spiro atoms. The highest BCUT2D eigenvalue weighted by atomic mass is 35.5. The van der Waals surface area contributed by atoms with Gasteiger partial charge < -0.3 is 14.4 Å². The normalized spacial score (nSPS) is 14.8. The number of ether oxygens (including phenoxy) is 2. The number of methoxy groups -OCH3 is 2. The lowest BCUT2D eigenvalue weighted by atomic mass is 10.2. The fraction of sp³-hybridized carbons (Fsp3) is 0.429. The lowest BCUT2D eigenvalue weighted by Gasteiger charge is -2.20. The molecule has 1 aliphatic rings. The number of anilines is 1. The molecular weight excluding hydrogens is 278 g/mol. The van der Waals surface area contributed by atoms with Crippen LogP contribution in [0, 0.1) is 0 Å². The Morgan fingerprint density at radius 3 is 2.50 bits per heavy atom. The molecular formula is C14H16ClN3O2. The minimum absolute atomic E-state index is 0.245. The monoisotopic (exact) mass is 293 g/mol. The zero-order valence-corrected chi connectivity index (χ0v) is 12.3. The topological polar surface area (TPSA) is 47.5 Å². The number of hydrogen-bond donors (Lipinski definition) is 0.